The van der Waals surface area contributed by atoms with Crippen molar-refractivity contribution in [1.29, 1.82) is 0 Å². The van der Waals surface area contributed by atoms with Gasteiger partial charge in [-0.2, -0.15) is 0 Å². The van der Waals surface area contributed by atoms with Gasteiger partial charge < -0.3 is 4.90 Å². The summed E-state index contributed by atoms with van der Waals surface area (Å²) in [6.45, 7) is 0. The molecule has 0 aliphatic heterocycles. The third-order valence-corrected chi connectivity index (χ3v) is 10.1. The largest absolute Gasteiger partial charge is 0.310 e. The molecule has 0 fully saturated rings. The summed E-state index contributed by atoms with van der Waals surface area (Å²) in [5.41, 5.74) is 9.26. The lowest BCUT2D eigenvalue weighted by atomic mass is 10.0. The molecule has 2 nitrogen and oxygen atoms in total. The Bertz CT molecular complexity index is 2510. The number of rotatable bonds is 5. The van der Waals surface area contributed by atoms with Crippen LogP contribution in [-0.4, -0.2) is 4.98 Å². The highest BCUT2D eigenvalue weighted by molar-refractivity contribution is 7.26. The van der Waals surface area contributed by atoms with E-state index in [4.69, 9.17) is 0 Å². The van der Waals surface area contributed by atoms with Crippen LogP contribution >= 0.6 is 11.3 Å². The maximum absolute atomic E-state index is 4.63. The van der Waals surface area contributed by atoms with Crippen LogP contribution in [0.3, 0.4) is 0 Å². The van der Waals surface area contributed by atoms with Gasteiger partial charge in [0.2, 0.25) is 0 Å². The lowest BCUT2D eigenvalue weighted by Crippen LogP contribution is -2.10. The third-order valence-electron chi connectivity index (χ3n) is 8.90. The van der Waals surface area contributed by atoms with Crippen LogP contribution in [0.2, 0.25) is 0 Å². The van der Waals surface area contributed by atoms with E-state index in [2.05, 4.69) is 168 Å². The number of anilines is 3. The van der Waals surface area contributed by atoms with Gasteiger partial charge in [0.05, 0.1) is 11.2 Å². The van der Waals surface area contributed by atoms with Gasteiger partial charge in [0.1, 0.15) is 0 Å². The van der Waals surface area contributed by atoms with E-state index in [1.165, 1.54) is 58.6 Å². The number of benzene rings is 7. The van der Waals surface area contributed by atoms with Crippen molar-refractivity contribution >= 4 is 70.2 Å². The number of aromatic nitrogens is 1. The lowest BCUT2D eigenvalue weighted by molar-refractivity contribution is 1.30. The Balaban J connectivity index is 1.22. The fourth-order valence-electron chi connectivity index (χ4n) is 6.64. The van der Waals surface area contributed by atoms with Crippen LogP contribution in [0.1, 0.15) is 0 Å². The van der Waals surface area contributed by atoms with E-state index in [-0.39, 0.29) is 0 Å². The summed E-state index contributed by atoms with van der Waals surface area (Å²) in [5, 5.41) is 6.23. The van der Waals surface area contributed by atoms with Gasteiger partial charge in [-0.1, -0.05) is 103 Å². The summed E-state index contributed by atoms with van der Waals surface area (Å²) >= 11 is 1.85. The Kier molecular flexibility index (Phi) is 6.36. The molecule has 7 aromatic carbocycles. The Morgan fingerprint density at radius 3 is 1.91 bits per heavy atom. The van der Waals surface area contributed by atoms with Gasteiger partial charge in [-0.05, 0) is 93.7 Å². The molecular formula is C43H28N2S. The van der Waals surface area contributed by atoms with Crippen molar-refractivity contribution in [1.82, 2.24) is 4.98 Å². The Labute approximate surface area is 271 Å². The van der Waals surface area contributed by atoms with Crippen molar-refractivity contribution < 1.29 is 0 Å². The minimum atomic E-state index is 1.03. The number of pyridine rings is 1. The SMILES string of the molecule is c1ccc(-c2ccc(N(c3ccc(-c4ccc5ccccc5c4)cc3)c3cccc4sc5c6cccnc6ccc5c34)cc2)cc1. The van der Waals surface area contributed by atoms with Crippen molar-refractivity contribution in [2.24, 2.45) is 0 Å². The third kappa shape index (κ3) is 4.52. The second-order valence-electron chi connectivity index (χ2n) is 11.6. The Hall–Kier alpha value is -5.77. The summed E-state index contributed by atoms with van der Waals surface area (Å²) in [6, 6.07) is 59.0. The summed E-state index contributed by atoms with van der Waals surface area (Å²) in [4.78, 5) is 7.04. The first-order chi connectivity index (χ1) is 22.8. The van der Waals surface area contributed by atoms with Gasteiger partial charge in [-0.15, -0.1) is 11.3 Å². The molecule has 0 aliphatic carbocycles. The van der Waals surface area contributed by atoms with Gasteiger partial charge >= 0.3 is 0 Å². The normalized spacial score (nSPS) is 11.5. The minimum absolute atomic E-state index is 1.03. The fraction of sp³-hybridized carbons (Fsp3) is 0. The zero-order chi connectivity index (χ0) is 30.5. The molecule has 0 N–H and O–H groups in total. The van der Waals surface area contributed by atoms with Crippen molar-refractivity contribution in [3.8, 4) is 22.3 Å². The summed E-state index contributed by atoms with van der Waals surface area (Å²) in [5.74, 6) is 0. The average molecular weight is 605 g/mol. The van der Waals surface area contributed by atoms with Crippen LogP contribution < -0.4 is 4.90 Å². The van der Waals surface area contributed by atoms with Crippen LogP contribution in [-0.2, 0) is 0 Å². The molecule has 2 aromatic heterocycles. The predicted molar refractivity (Wildman–Crippen MR) is 198 cm³/mol. The van der Waals surface area contributed by atoms with Crippen LogP contribution in [0.25, 0.3) is 64.1 Å². The molecular weight excluding hydrogens is 577 g/mol. The highest BCUT2D eigenvalue weighted by Gasteiger charge is 2.19. The Morgan fingerprint density at radius 2 is 1.13 bits per heavy atom. The summed E-state index contributed by atoms with van der Waals surface area (Å²) in [7, 11) is 0. The maximum atomic E-state index is 4.63. The van der Waals surface area contributed by atoms with E-state index < -0.39 is 0 Å². The van der Waals surface area contributed by atoms with E-state index in [0.29, 0.717) is 0 Å². The molecule has 0 amide bonds. The quantitative estimate of drug-likeness (QED) is 0.194. The second-order valence-corrected chi connectivity index (χ2v) is 12.7. The van der Waals surface area contributed by atoms with E-state index >= 15 is 0 Å². The van der Waals surface area contributed by atoms with Crippen LogP contribution in [0.4, 0.5) is 17.1 Å². The molecule has 0 atom stereocenters. The summed E-state index contributed by atoms with van der Waals surface area (Å²) < 4.78 is 2.54. The van der Waals surface area contributed by atoms with Crippen LogP contribution in [0.15, 0.2) is 170 Å². The molecule has 9 aromatic rings. The van der Waals surface area contributed by atoms with Crippen molar-refractivity contribution in [2.45, 2.75) is 0 Å². The molecule has 0 unspecified atom stereocenters. The molecule has 0 aliphatic rings. The molecule has 9 rings (SSSR count). The highest BCUT2D eigenvalue weighted by Crippen LogP contribution is 2.46. The highest BCUT2D eigenvalue weighted by atomic mass is 32.1. The van der Waals surface area contributed by atoms with E-state index in [1.807, 2.05) is 23.6 Å². The van der Waals surface area contributed by atoms with Crippen LogP contribution in [0, 0.1) is 0 Å². The first kappa shape index (κ1) is 26.6. The van der Waals surface area contributed by atoms with Gasteiger partial charge in [-0.3, -0.25) is 4.98 Å². The number of nitrogens with zero attached hydrogens (tertiary/aromatic N) is 2. The number of thiophene rings is 1. The van der Waals surface area contributed by atoms with E-state index in [9.17, 15) is 0 Å². The smallest absolute Gasteiger partial charge is 0.0716 e. The first-order valence-electron chi connectivity index (χ1n) is 15.5. The van der Waals surface area contributed by atoms with Gasteiger partial charge in [0.15, 0.2) is 0 Å². The standard InChI is InChI=1S/C43H28N2S/c1-2-8-29(9-3-1)31-17-21-35(22-18-31)45(36-23-19-32(20-24-36)34-16-15-30-10-4-5-11-33(30)28-34)40-13-6-14-41-42(40)38-25-26-39-37(43(38)46-41)12-7-27-44-39/h1-28H. The van der Waals surface area contributed by atoms with Crippen LogP contribution in [0.5, 0.6) is 0 Å². The van der Waals surface area contributed by atoms with Crippen molar-refractivity contribution in [3.63, 3.8) is 0 Å². The van der Waals surface area contributed by atoms with Gasteiger partial charge in [0, 0.05) is 43.1 Å². The molecule has 3 heteroatoms. The zero-order valence-corrected chi connectivity index (χ0v) is 25.8. The first-order valence-corrected chi connectivity index (χ1v) is 16.4. The van der Waals surface area contributed by atoms with Gasteiger partial charge in [0.25, 0.3) is 0 Å². The molecule has 0 saturated heterocycles. The van der Waals surface area contributed by atoms with Crippen molar-refractivity contribution in [2.75, 3.05) is 4.90 Å². The molecule has 216 valence electrons. The number of hydrogen-bond acceptors (Lipinski definition) is 3. The average Bonchev–Trinajstić information content (AvgIpc) is 3.53. The minimum Gasteiger partial charge on any atom is -0.310 e. The molecule has 2 heterocycles. The molecule has 0 bridgehead atoms. The Morgan fingerprint density at radius 1 is 0.457 bits per heavy atom. The molecule has 0 radical (unpaired) electrons. The summed E-state index contributed by atoms with van der Waals surface area (Å²) in [6.07, 6.45) is 1.87. The topological polar surface area (TPSA) is 16.1 Å². The van der Waals surface area contributed by atoms with Gasteiger partial charge in [-0.25, -0.2) is 0 Å². The van der Waals surface area contributed by atoms with E-state index in [1.54, 1.807) is 0 Å². The molecule has 0 spiro atoms. The van der Waals surface area contributed by atoms with E-state index in [0.717, 1.165) is 22.6 Å². The van der Waals surface area contributed by atoms with Crippen molar-refractivity contribution in [3.05, 3.63) is 170 Å². The lowest BCUT2D eigenvalue weighted by Gasteiger charge is -2.27. The number of fused-ring (bicyclic) bond motifs is 6. The zero-order valence-electron chi connectivity index (χ0n) is 25.0. The number of hydrogen-bond donors (Lipinski definition) is 0. The monoisotopic (exact) mass is 604 g/mol. The molecule has 0 saturated carbocycles. The molecule has 46 heavy (non-hydrogen) atoms. The second kappa shape index (κ2) is 11.0. The fourth-order valence-corrected chi connectivity index (χ4v) is 7.88. The predicted octanol–water partition coefficient (Wildman–Crippen LogP) is 12.6. The maximum Gasteiger partial charge on any atom is 0.0716 e.